The van der Waals surface area contributed by atoms with Gasteiger partial charge in [-0.3, -0.25) is 4.79 Å². The molecule has 0 aliphatic rings. The van der Waals surface area contributed by atoms with Crippen LogP contribution in [-0.4, -0.2) is 43.7 Å². The van der Waals surface area contributed by atoms with E-state index in [1.54, 1.807) is 6.20 Å². The zero-order valence-electron chi connectivity index (χ0n) is 17.3. The summed E-state index contributed by atoms with van der Waals surface area (Å²) in [6, 6.07) is 9.60. The quantitative estimate of drug-likeness (QED) is 0.639. The number of nitrogens with one attached hydrogen (secondary N) is 1. The summed E-state index contributed by atoms with van der Waals surface area (Å²) >= 11 is 0. The minimum Gasteiger partial charge on any atom is -0.490 e. The maximum Gasteiger partial charge on any atom is 0.252 e. The molecule has 6 heteroatoms. The number of amides is 1. The number of nitrogens with zero attached hydrogens (tertiary/aromatic N) is 2. The third-order valence-corrected chi connectivity index (χ3v) is 4.40. The summed E-state index contributed by atoms with van der Waals surface area (Å²) in [6.07, 6.45) is 2.34. The van der Waals surface area contributed by atoms with E-state index in [0.717, 1.165) is 36.0 Å². The second-order valence-electron chi connectivity index (χ2n) is 6.23. The van der Waals surface area contributed by atoms with E-state index in [9.17, 15) is 4.79 Å². The van der Waals surface area contributed by atoms with Crippen molar-refractivity contribution in [2.75, 3.05) is 37.7 Å². The number of anilines is 1. The van der Waals surface area contributed by atoms with Crippen molar-refractivity contribution in [2.24, 2.45) is 0 Å². The summed E-state index contributed by atoms with van der Waals surface area (Å²) in [6.45, 7) is 11.6. The molecule has 0 aliphatic carbocycles. The molecule has 0 unspecified atom stereocenters. The molecule has 2 aromatic rings. The van der Waals surface area contributed by atoms with Gasteiger partial charge in [0, 0.05) is 25.8 Å². The lowest BCUT2D eigenvalue weighted by Crippen LogP contribution is -2.26. The van der Waals surface area contributed by atoms with E-state index in [1.807, 2.05) is 44.2 Å². The van der Waals surface area contributed by atoms with Crippen LogP contribution in [0.25, 0.3) is 0 Å². The molecule has 152 valence electrons. The van der Waals surface area contributed by atoms with Crippen molar-refractivity contribution < 1.29 is 14.3 Å². The number of carbonyl (C=O) groups is 1. The van der Waals surface area contributed by atoms with Gasteiger partial charge in [0.2, 0.25) is 0 Å². The topological polar surface area (TPSA) is 63.7 Å². The molecule has 0 spiro atoms. The summed E-state index contributed by atoms with van der Waals surface area (Å²) in [5.74, 6) is 2.26. The van der Waals surface area contributed by atoms with Gasteiger partial charge in [-0.05, 0) is 63.9 Å². The number of hydrogen-bond acceptors (Lipinski definition) is 5. The van der Waals surface area contributed by atoms with E-state index in [-0.39, 0.29) is 5.91 Å². The largest absolute Gasteiger partial charge is 0.490 e. The normalized spacial score (nSPS) is 10.4. The molecule has 1 heterocycles. The Kier molecular flexibility index (Phi) is 8.59. The number of benzene rings is 1. The highest BCUT2D eigenvalue weighted by molar-refractivity contribution is 5.94. The van der Waals surface area contributed by atoms with Gasteiger partial charge in [-0.25, -0.2) is 4.98 Å². The summed E-state index contributed by atoms with van der Waals surface area (Å²) in [4.78, 5) is 18.9. The van der Waals surface area contributed by atoms with Gasteiger partial charge in [0.25, 0.3) is 5.91 Å². The van der Waals surface area contributed by atoms with Crippen LogP contribution in [0.4, 0.5) is 5.82 Å². The number of ether oxygens (including phenoxy) is 2. The van der Waals surface area contributed by atoms with E-state index in [4.69, 9.17) is 9.47 Å². The van der Waals surface area contributed by atoms with Gasteiger partial charge < -0.3 is 19.7 Å². The average molecular weight is 386 g/mol. The Morgan fingerprint density at radius 3 is 2.32 bits per heavy atom. The van der Waals surface area contributed by atoms with Gasteiger partial charge in [0.15, 0.2) is 11.5 Å². The molecule has 1 aromatic carbocycles. The van der Waals surface area contributed by atoms with Crippen LogP contribution in [0.1, 0.15) is 43.6 Å². The van der Waals surface area contributed by atoms with Gasteiger partial charge in [-0.2, -0.15) is 0 Å². The summed E-state index contributed by atoms with van der Waals surface area (Å²) in [5, 5.41) is 2.95. The van der Waals surface area contributed by atoms with Crippen molar-refractivity contribution in [1.82, 2.24) is 10.3 Å². The van der Waals surface area contributed by atoms with Crippen LogP contribution >= 0.6 is 0 Å². The third-order valence-electron chi connectivity index (χ3n) is 4.40. The number of carbonyl (C=O) groups excluding carboxylic acids is 1. The van der Waals surface area contributed by atoms with Crippen molar-refractivity contribution in [1.29, 1.82) is 0 Å². The zero-order chi connectivity index (χ0) is 20.4. The molecular formula is C22H31N3O3. The van der Waals surface area contributed by atoms with E-state index in [1.165, 1.54) is 0 Å². The van der Waals surface area contributed by atoms with Gasteiger partial charge in [0.05, 0.1) is 18.8 Å². The summed E-state index contributed by atoms with van der Waals surface area (Å²) in [5.41, 5.74) is 1.65. The fourth-order valence-electron chi connectivity index (χ4n) is 2.93. The zero-order valence-corrected chi connectivity index (χ0v) is 17.3. The first-order chi connectivity index (χ1) is 13.6. The molecule has 0 saturated heterocycles. The molecule has 2 rings (SSSR count). The van der Waals surface area contributed by atoms with Gasteiger partial charge in [-0.15, -0.1) is 0 Å². The average Bonchev–Trinajstić information content (AvgIpc) is 2.71. The molecular weight excluding hydrogens is 354 g/mol. The van der Waals surface area contributed by atoms with Crippen LogP contribution in [0.2, 0.25) is 0 Å². The Bertz CT molecular complexity index is 743. The molecule has 0 bridgehead atoms. The van der Waals surface area contributed by atoms with E-state index < -0.39 is 0 Å². The second-order valence-corrected chi connectivity index (χ2v) is 6.23. The Morgan fingerprint density at radius 2 is 1.71 bits per heavy atom. The first-order valence-corrected chi connectivity index (χ1v) is 10.0. The lowest BCUT2D eigenvalue weighted by molar-refractivity contribution is 0.0954. The molecule has 0 radical (unpaired) electrons. The van der Waals surface area contributed by atoms with Crippen molar-refractivity contribution in [3.8, 4) is 11.5 Å². The number of aromatic nitrogens is 1. The Hall–Kier alpha value is -2.76. The lowest BCUT2D eigenvalue weighted by Gasteiger charge is -2.19. The SMILES string of the molecule is CCOc1ccc(CCNC(=O)c2ccc(N(CC)CC)nc2)cc1OCC. The minimum atomic E-state index is -0.116. The lowest BCUT2D eigenvalue weighted by atomic mass is 10.1. The van der Waals surface area contributed by atoms with E-state index in [2.05, 4.69) is 29.0 Å². The van der Waals surface area contributed by atoms with Crippen LogP contribution in [0.15, 0.2) is 36.5 Å². The van der Waals surface area contributed by atoms with Crippen molar-refractivity contribution >= 4 is 11.7 Å². The number of pyridine rings is 1. The number of hydrogen-bond donors (Lipinski definition) is 1. The maximum atomic E-state index is 12.4. The summed E-state index contributed by atoms with van der Waals surface area (Å²) in [7, 11) is 0. The van der Waals surface area contributed by atoms with Gasteiger partial charge in [-0.1, -0.05) is 6.07 Å². The first-order valence-electron chi connectivity index (χ1n) is 10.0. The highest BCUT2D eigenvalue weighted by Gasteiger charge is 2.09. The van der Waals surface area contributed by atoms with E-state index in [0.29, 0.717) is 31.7 Å². The smallest absolute Gasteiger partial charge is 0.252 e. The molecule has 1 N–H and O–H groups in total. The molecule has 28 heavy (non-hydrogen) atoms. The fraction of sp³-hybridized carbons (Fsp3) is 0.455. The van der Waals surface area contributed by atoms with Crippen molar-refractivity contribution in [3.05, 3.63) is 47.7 Å². The molecule has 0 aliphatic heterocycles. The minimum absolute atomic E-state index is 0.116. The molecule has 0 fully saturated rings. The highest BCUT2D eigenvalue weighted by Crippen LogP contribution is 2.28. The summed E-state index contributed by atoms with van der Waals surface area (Å²) < 4.78 is 11.2. The molecule has 0 atom stereocenters. The van der Waals surface area contributed by atoms with Crippen LogP contribution in [0, 0.1) is 0 Å². The number of rotatable bonds is 11. The van der Waals surface area contributed by atoms with Crippen molar-refractivity contribution in [2.45, 2.75) is 34.1 Å². The Labute approximate surface area is 167 Å². The van der Waals surface area contributed by atoms with Crippen LogP contribution in [0.5, 0.6) is 11.5 Å². The maximum absolute atomic E-state index is 12.4. The van der Waals surface area contributed by atoms with E-state index >= 15 is 0 Å². The third kappa shape index (κ3) is 5.87. The van der Waals surface area contributed by atoms with Crippen LogP contribution in [0.3, 0.4) is 0 Å². The Morgan fingerprint density at radius 1 is 1.00 bits per heavy atom. The fourth-order valence-corrected chi connectivity index (χ4v) is 2.93. The first kappa shape index (κ1) is 21.5. The van der Waals surface area contributed by atoms with Crippen LogP contribution < -0.4 is 19.7 Å². The van der Waals surface area contributed by atoms with Crippen LogP contribution in [-0.2, 0) is 6.42 Å². The van der Waals surface area contributed by atoms with Crippen molar-refractivity contribution in [3.63, 3.8) is 0 Å². The predicted molar refractivity (Wildman–Crippen MR) is 113 cm³/mol. The highest BCUT2D eigenvalue weighted by atomic mass is 16.5. The molecule has 1 amide bonds. The van der Waals surface area contributed by atoms with Gasteiger partial charge in [0.1, 0.15) is 5.82 Å². The van der Waals surface area contributed by atoms with Gasteiger partial charge >= 0.3 is 0 Å². The molecule has 6 nitrogen and oxygen atoms in total. The standard InChI is InChI=1S/C22H31N3O3/c1-5-25(6-2)21-12-10-18(16-24-21)22(26)23-14-13-17-9-11-19(27-7-3)20(15-17)28-8-4/h9-12,15-16H,5-8,13-14H2,1-4H3,(H,23,26). The molecule has 1 aromatic heterocycles. The monoisotopic (exact) mass is 385 g/mol. The Balaban J connectivity index is 1.92. The predicted octanol–water partition coefficient (Wildman–Crippen LogP) is 3.70. The second kappa shape index (κ2) is 11.2. The molecule has 0 saturated carbocycles.